The maximum atomic E-state index is 12.3. The molecule has 0 spiro atoms. The van der Waals surface area contributed by atoms with Crippen LogP contribution in [0.15, 0.2) is 45.0 Å². The van der Waals surface area contributed by atoms with E-state index in [1.165, 1.54) is 4.57 Å². The van der Waals surface area contributed by atoms with Crippen LogP contribution in [0.1, 0.15) is 32.3 Å². The first-order valence-electron chi connectivity index (χ1n) is 8.58. The van der Waals surface area contributed by atoms with Gasteiger partial charge in [-0.15, -0.1) is 0 Å². The van der Waals surface area contributed by atoms with Crippen LogP contribution in [0.2, 0.25) is 0 Å². The molecule has 0 aliphatic carbocycles. The molecule has 136 valence electrons. The second-order valence-corrected chi connectivity index (χ2v) is 6.11. The second-order valence-electron chi connectivity index (χ2n) is 6.11. The van der Waals surface area contributed by atoms with Crippen LogP contribution in [-0.4, -0.2) is 24.8 Å². The molecular weight excluding hydrogens is 332 g/mol. The van der Waals surface area contributed by atoms with Crippen LogP contribution in [-0.2, 0) is 13.6 Å². The summed E-state index contributed by atoms with van der Waals surface area (Å²) in [6.07, 6.45) is 1.85. The summed E-state index contributed by atoms with van der Waals surface area (Å²) in [7, 11) is 1.58. The monoisotopic (exact) mass is 354 g/mol. The summed E-state index contributed by atoms with van der Waals surface area (Å²) >= 11 is 0. The van der Waals surface area contributed by atoms with Crippen LogP contribution in [0, 0.1) is 0 Å². The van der Waals surface area contributed by atoms with Gasteiger partial charge in [0.05, 0.1) is 5.71 Å². The molecule has 0 aliphatic heterocycles. The van der Waals surface area contributed by atoms with Gasteiger partial charge in [-0.1, -0.05) is 43.7 Å². The third-order valence-electron chi connectivity index (χ3n) is 4.26. The number of fused-ring (bicyclic) bond motifs is 1. The topological polar surface area (TPSA) is 97.1 Å². The number of nitrogens with zero attached hydrogens (tertiary/aromatic N) is 4. The van der Waals surface area contributed by atoms with Crippen molar-refractivity contribution in [1.29, 1.82) is 0 Å². The van der Waals surface area contributed by atoms with Gasteiger partial charge < -0.3 is 4.57 Å². The summed E-state index contributed by atoms with van der Waals surface area (Å²) in [5, 5.41) is 4.39. The van der Waals surface area contributed by atoms with E-state index in [4.69, 9.17) is 0 Å². The average molecular weight is 354 g/mol. The highest BCUT2D eigenvalue weighted by atomic mass is 16.2. The number of hydrazone groups is 1. The molecule has 0 saturated carbocycles. The van der Waals surface area contributed by atoms with Gasteiger partial charge in [0.1, 0.15) is 0 Å². The van der Waals surface area contributed by atoms with Crippen molar-refractivity contribution in [2.24, 2.45) is 12.1 Å². The molecule has 0 atom stereocenters. The van der Waals surface area contributed by atoms with Crippen LogP contribution in [0.25, 0.3) is 11.2 Å². The Morgan fingerprint density at radius 3 is 2.69 bits per heavy atom. The number of imidazole rings is 1. The first-order chi connectivity index (χ1) is 12.5. The summed E-state index contributed by atoms with van der Waals surface area (Å²) in [6, 6.07) is 9.77. The molecule has 2 N–H and O–H groups in total. The maximum Gasteiger partial charge on any atom is 0.329 e. The fourth-order valence-corrected chi connectivity index (χ4v) is 2.73. The van der Waals surface area contributed by atoms with Crippen LogP contribution in [0.5, 0.6) is 0 Å². The van der Waals surface area contributed by atoms with Gasteiger partial charge in [-0.25, -0.2) is 10.2 Å². The number of aromatic amines is 1. The van der Waals surface area contributed by atoms with E-state index < -0.39 is 11.2 Å². The van der Waals surface area contributed by atoms with Crippen molar-refractivity contribution in [3.63, 3.8) is 0 Å². The van der Waals surface area contributed by atoms with E-state index in [9.17, 15) is 9.59 Å². The zero-order chi connectivity index (χ0) is 18.7. The molecule has 0 aliphatic rings. The first-order valence-corrected chi connectivity index (χ1v) is 8.58. The predicted octanol–water partition coefficient (Wildman–Crippen LogP) is 2.06. The fourth-order valence-electron chi connectivity index (χ4n) is 2.73. The van der Waals surface area contributed by atoms with Gasteiger partial charge in [-0.2, -0.15) is 10.1 Å². The summed E-state index contributed by atoms with van der Waals surface area (Å²) < 4.78 is 3.11. The molecule has 26 heavy (non-hydrogen) atoms. The summed E-state index contributed by atoms with van der Waals surface area (Å²) in [4.78, 5) is 30.9. The van der Waals surface area contributed by atoms with Crippen molar-refractivity contribution in [2.45, 2.75) is 33.2 Å². The molecule has 2 heterocycles. The quantitative estimate of drug-likeness (QED) is 0.523. The molecule has 0 bridgehead atoms. The highest BCUT2D eigenvalue weighted by molar-refractivity contribution is 5.99. The van der Waals surface area contributed by atoms with Gasteiger partial charge >= 0.3 is 5.69 Å². The molecule has 3 rings (SSSR count). The molecule has 0 radical (unpaired) electrons. The number of unbranched alkanes of at least 4 members (excludes halogenated alkanes) is 1. The fraction of sp³-hybridized carbons (Fsp3) is 0.333. The maximum absolute atomic E-state index is 12.3. The highest BCUT2D eigenvalue weighted by Gasteiger charge is 2.16. The first kappa shape index (κ1) is 17.7. The van der Waals surface area contributed by atoms with Crippen LogP contribution < -0.4 is 16.7 Å². The van der Waals surface area contributed by atoms with Gasteiger partial charge in [0.2, 0.25) is 5.95 Å². The van der Waals surface area contributed by atoms with Crippen LogP contribution in [0.3, 0.4) is 0 Å². The van der Waals surface area contributed by atoms with E-state index in [1.807, 2.05) is 37.3 Å². The van der Waals surface area contributed by atoms with Crippen LogP contribution in [0.4, 0.5) is 5.95 Å². The number of nitrogens with one attached hydrogen (secondary N) is 2. The van der Waals surface area contributed by atoms with Gasteiger partial charge in [0.25, 0.3) is 5.56 Å². The number of benzene rings is 1. The largest absolute Gasteiger partial charge is 0.329 e. The SMILES string of the molecule is CCCCn1c(N/N=C(\C)c2ccccc2)nc2c1c(=O)[nH]c(=O)n2C. The van der Waals surface area contributed by atoms with Gasteiger partial charge in [0, 0.05) is 13.6 Å². The molecule has 8 nitrogen and oxygen atoms in total. The number of aromatic nitrogens is 4. The van der Waals surface area contributed by atoms with Crippen molar-refractivity contribution >= 4 is 22.8 Å². The molecule has 8 heteroatoms. The molecule has 0 unspecified atom stereocenters. The minimum atomic E-state index is -0.488. The van der Waals surface area contributed by atoms with Crippen molar-refractivity contribution in [1.82, 2.24) is 19.1 Å². The Labute approximate surface area is 150 Å². The Balaban J connectivity index is 2.07. The van der Waals surface area contributed by atoms with Crippen molar-refractivity contribution in [2.75, 3.05) is 5.43 Å². The zero-order valence-corrected chi connectivity index (χ0v) is 15.1. The molecule has 3 aromatic rings. The number of hydrogen-bond donors (Lipinski definition) is 2. The molecule has 0 fully saturated rings. The van der Waals surface area contributed by atoms with Crippen molar-refractivity contribution in [3.8, 4) is 0 Å². The Kier molecular flexibility index (Phi) is 5.01. The van der Waals surface area contributed by atoms with E-state index in [0.717, 1.165) is 24.1 Å². The van der Waals surface area contributed by atoms with E-state index in [0.29, 0.717) is 23.7 Å². The van der Waals surface area contributed by atoms with Crippen molar-refractivity contribution in [3.05, 3.63) is 56.7 Å². The molecule has 2 aromatic heterocycles. The highest BCUT2D eigenvalue weighted by Crippen LogP contribution is 2.16. The zero-order valence-electron chi connectivity index (χ0n) is 15.1. The third-order valence-corrected chi connectivity index (χ3v) is 4.26. The number of hydrogen-bond acceptors (Lipinski definition) is 5. The number of rotatable bonds is 6. The normalized spacial score (nSPS) is 11.9. The molecular formula is C18H22N6O2. The Bertz CT molecular complexity index is 1060. The van der Waals surface area contributed by atoms with E-state index in [1.54, 1.807) is 11.6 Å². The summed E-state index contributed by atoms with van der Waals surface area (Å²) in [5.41, 5.74) is 4.52. The third kappa shape index (κ3) is 3.30. The average Bonchev–Trinajstić information content (AvgIpc) is 3.02. The van der Waals surface area contributed by atoms with E-state index in [2.05, 4.69) is 27.4 Å². The minimum absolute atomic E-state index is 0.338. The number of anilines is 1. The summed E-state index contributed by atoms with van der Waals surface area (Å²) in [6.45, 7) is 4.57. The Morgan fingerprint density at radius 2 is 2.00 bits per heavy atom. The van der Waals surface area contributed by atoms with Crippen LogP contribution >= 0.6 is 0 Å². The standard InChI is InChI=1S/C18H22N6O2/c1-4-5-11-24-14-15(23(3)18(26)20-16(14)25)19-17(24)22-21-12(2)13-9-7-6-8-10-13/h6-10H,4-5,11H2,1-3H3,(H,19,22)(H,20,25,26)/b21-12+. The lowest BCUT2D eigenvalue weighted by atomic mass is 10.1. The van der Waals surface area contributed by atoms with Gasteiger partial charge in [-0.05, 0) is 18.9 Å². The molecule has 1 aromatic carbocycles. The van der Waals surface area contributed by atoms with E-state index in [-0.39, 0.29) is 0 Å². The number of H-pyrrole nitrogens is 1. The lowest BCUT2D eigenvalue weighted by molar-refractivity contribution is 0.647. The van der Waals surface area contributed by atoms with E-state index >= 15 is 0 Å². The van der Waals surface area contributed by atoms with Gasteiger partial charge in [-0.3, -0.25) is 14.3 Å². The smallest absolute Gasteiger partial charge is 0.303 e. The molecule has 0 amide bonds. The number of aryl methyl sites for hydroxylation is 2. The second kappa shape index (κ2) is 7.38. The lowest BCUT2D eigenvalue weighted by Crippen LogP contribution is -2.29. The van der Waals surface area contributed by atoms with Gasteiger partial charge in [0.15, 0.2) is 11.2 Å². The minimum Gasteiger partial charge on any atom is -0.303 e. The summed E-state index contributed by atoms with van der Waals surface area (Å²) in [5.74, 6) is 0.440. The molecule has 0 saturated heterocycles. The van der Waals surface area contributed by atoms with Crippen molar-refractivity contribution < 1.29 is 0 Å². The predicted molar refractivity (Wildman–Crippen MR) is 103 cm³/mol. The Hall–Kier alpha value is -3.16. The Morgan fingerprint density at radius 1 is 1.27 bits per heavy atom. The lowest BCUT2D eigenvalue weighted by Gasteiger charge is -2.08.